The van der Waals surface area contributed by atoms with Crippen molar-refractivity contribution < 1.29 is 14.5 Å². The van der Waals surface area contributed by atoms with Gasteiger partial charge in [0.25, 0.3) is 5.69 Å². The van der Waals surface area contributed by atoms with Crippen LogP contribution in [0.4, 0.5) is 5.69 Å². The highest BCUT2D eigenvalue weighted by atomic mass is 16.6. The van der Waals surface area contributed by atoms with E-state index in [0.29, 0.717) is 13.0 Å². The Hall–Kier alpha value is -3.68. The SMILES string of the molecule is CC(C)CN1CC(=O)N2C(Cc3c([nH]c4ccccc34)C2c2ccc([N+](=O)[O-])cc2)C1=O. The van der Waals surface area contributed by atoms with E-state index in [4.69, 9.17) is 0 Å². The standard InChI is InChI=1S/C24H24N4O4/c1-14(2)12-26-13-21(29)27-20(24(26)30)11-18-17-5-3-4-6-19(17)25-22(18)23(27)15-7-9-16(10-8-15)28(31)32/h3-10,14,20,23,25H,11-13H2,1-2H3. The molecule has 2 unspecified atom stereocenters. The molecule has 0 bridgehead atoms. The van der Waals surface area contributed by atoms with E-state index in [1.54, 1.807) is 21.9 Å². The number of rotatable bonds is 4. The number of hydrogen-bond acceptors (Lipinski definition) is 4. The molecule has 1 aromatic heterocycles. The van der Waals surface area contributed by atoms with Crippen molar-refractivity contribution in [3.63, 3.8) is 0 Å². The molecule has 8 nitrogen and oxygen atoms in total. The molecule has 1 saturated heterocycles. The number of fused-ring (bicyclic) bond motifs is 4. The Kier molecular flexibility index (Phi) is 4.73. The van der Waals surface area contributed by atoms with Gasteiger partial charge in [0.1, 0.15) is 6.04 Å². The van der Waals surface area contributed by atoms with Crippen LogP contribution in [0.3, 0.4) is 0 Å². The van der Waals surface area contributed by atoms with E-state index in [1.165, 1.54) is 12.1 Å². The Bertz CT molecular complexity index is 1230. The number of benzene rings is 2. The second-order valence-electron chi connectivity index (χ2n) is 8.95. The number of non-ortho nitro benzene ring substituents is 1. The van der Waals surface area contributed by atoms with Crippen LogP contribution >= 0.6 is 0 Å². The van der Waals surface area contributed by atoms with E-state index < -0.39 is 17.0 Å². The monoisotopic (exact) mass is 432 g/mol. The molecular formula is C24H24N4O4. The maximum absolute atomic E-state index is 13.5. The highest BCUT2D eigenvalue weighted by Crippen LogP contribution is 2.42. The predicted molar refractivity (Wildman–Crippen MR) is 119 cm³/mol. The Morgan fingerprint density at radius 2 is 1.84 bits per heavy atom. The number of amides is 2. The second kappa shape index (κ2) is 7.47. The number of nitrogens with one attached hydrogen (secondary N) is 1. The summed E-state index contributed by atoms with van der Waals surface area (Å²) < 4.78 is 0. The first-order valence-electron chi connectivity index (χ1n) is 10.8. The number of nitro groups is 1. The van der Waals surface area contributed by atoms with Crippen molar-refractivity contribution in [3.05, 3.63) is 75.5 Å². The van der Waals surface area contributed by atoms with E-state index >= 15 is 0 Å². The molecule has 32 heavy (non-hydrogen) atoms. The topological polar surface area (TPSA) is 99.6 Å². The molecule has 2 aromatic carbocycles. The molecule has 1 fully saturated rings. The summed E-state index contributed by atoms with van der Waals surface area (Å²) in [7, 11) is 0. The number of aromatic amines is 1. The van der Waals surface area contributed by atoms with Crippen molar-refractivity contribution in [1.82, 2.24) is 14.8 Å². The van der Waals surface area contributed by atoms with E-state index in [9.17, 15) is 19.7 Å². The second-order valence-corrected chi connectivity index (χ2v) is 8.95. The van der Waals surface area contributed by atoms with Crippen LogP contribution in [0.25, 0.3) is 10.9 Å². The van der Waals surface area contributed by atoms with Gasteiger partial charge in [0.15, 0.2) is 0 Å². The zero-order chi connectivity index (χ0) is 22.6. The van der Waals surface area contributed by atoms with Gasteiger partial charge < -0.3 is 14.8 Å². The summed E-state index contributed by atoms with van der Waals surface area (Å²) >= 11 is 0. The van der Waals surface area contributed by atoms with Gasteiger partial charge in [-0.05, 0) is 35.2 Å². The Labute approximate surface area is 185 Å². The van der Waals surface area contributed by atoms with Crippen molar-refractivity contribution >= 4 is 28.4 Å². The largest absolute Gasteiger partial charge is 0.356 e. The van der Waals surface area contributed by atoms with Gasteiger partial charge in [-0.1, -0.05) is 32.0 Å². The molecule has 2 aliphatic rings. The highest BCUT2D eigenvalue weighted by molar-refractivity contribution is 5.97. The summed E-state index contributed by atoms with van der Waals surface area (Å²) in [5.74, 6) is 0.111. The average Bonchev–Trinajstić information content (AvgIpc) is 3.14. The number of carbonyl (C=O) groups is 2. The lowest BCUT2D eigenvalue weighted by Crippen LogP contribution is -2.63. The summed E-state index contributed by atoms with van der Waals surface area (Å²) in [6, 6.07) is 13.1. The first-order valence-corrected chi connectivity index (χ1v) is 10.8. The lowest BCUT2D eigenvalue weighted by Gasteiger charge is -2.47. The fourth-order valence-corrected chi connectivity index (χ4v) is 5.04. The molecule has 8 heteroatoms. The molecule has 5 rings (SSSR count). The Morgan fingerprint density at radius 3 is 2.53 bits per heavy atom. The number of piperazine rings is 1. The van der Waals surface area contributed by atoms with Crippen molar-refractivity contribution in [2.45, 2.75) is 32.4 Å². The van der Waals surface area contributed by atoms with Crippen molar-refractivity contribution in [2.75, 3.05) is 13.1 Å². The zero-order valence-corrected chi connectivity index (χ0v) is 17.9. The zero-order valence-electron chi connectivity index (χ0n) is 17.9. The Balaban J connectivity index is 1.66. The summed E-state index contributed by atoms with van der Waals surface area (Å²) in [5.41, 5.74) is 3.57. The molecule has 0 radical (unpaired) electrons. The van der Waals surface area contributed by atoms with Crippen LogP contribution < -0.4 is 0 Å². The number of aromatic nitrogens is 1. The molecule has 3 aromatic rings. The van der Waals surface area contributed by atoms with Crippen LogP contribution in [0.1, 0.15) is 36.7 Å². The van der Waals surface area contributed by atoms with Gasteiger partial charge in [0, 0.05) is 41.7 Å². The number of nitrogens with zero attached hydrogens (tertiary/aromatic N) is 3. The lowest BCUT2D eigenvalue weighted by molar-refractivity contribution is -0.384. The van der Waals surface area contributed by atoms with Gasteiger partial charge in [-0.25, -0.2) is 0 Å². The smallest absolute Gasteiger partial charge is 0.269 e. The quantitative estimate of drug-likeness (QED) is 0.504. The first-order chi connectivity index (χ1) is 15.3. The van der Waals surface area contributed by atoms with Gasteiger partial charge in [-0.15, -0.1) is 0 Å². The lowest BCUT2D eigenvalue weighted by atomic mass is 9.86. The van der Waals surface area contributed by atoms with Gasteiger partial charge in [-0.2, -0.15) is 0 Å². The molecule has 3 heterocycles. The summed E-state index contributed by atoms with van der Waals surface area (Å²) in [5, 5.41) is 12.2. The van der Waals surface area contributed by atoms with Crippen LogP contribution in [0.2, 0.25) is 0 Å². The highest BCUT2D eigenvalue weighted by Gasteiger charge is 2.48. The average molecular weight is 432 g/mol. The molecular weight excluding hydrogens is 408 g/mol. The summed E-state index contributed by atoms with van der Waals surface area (Å²) in [6.45, 7) is 4.65. The number of para-hydroxylation sites is 1. The number of nitro benzene ring substituents is 1. The molecule has 2 aliphatic heterocycles. The minimum atomic E-state index is -0.595. The number of hydrogen-bond donors (Lipinski definition) is 1. The fraction of sp³-hybridized carbons (Fsp3) is 0.333. The molecule has 2 atom stereocenters. The molecule has 0 spiro atoms. The summed E-state index contributed by atoms with van der Waals surface area (Å²) in [6.07, 6.45) is 0.446. The molecule has 164 valence electrons. The van der Waals surface area contributed by atoms with Crippen molar-refractivity contribution in [3.8, 4) is 0 Å². The minimum absolute atomic E-state index is 0.0119. The normalized spacial score (nSPS) is 20.6. The fourth-order valence-electron chi connectivity index (χ4n) is 5.04. The molecule has 0 aliphatic carbocycles. The van der Waals surface area contributed by atoms with E-state index in [-0.39, 0.29) is 30.0 Å². The van der Waals surface area contributed by atoms with Crippen LogP contribution in [-0.4, -0.2) is 50.7 Å². The van der Waals surface area contributed by atoms with Gasteiger partial charge in [-0.3, -0.25) is 19.7 Å². The predicted octanol–water partition coefficient (Wildman–Crippen LogP) is 3.42. The summed E-state index contributed by atoms with van der Waals surface area (Å²) in [4.78, 5) is 44.3. The van der Waals surface area contributed by atoms with Crippen molar-refractivity contribution in [2.24, 2.45) is 5.92 Å². The third kappa shape index (κ3) is 3.14. The maximum Gasteiger partial charge on any atom is 0.269 e. The van der Waals surface area contributed by atoms with E-state index in [2.05, 4.69) is 4.98 Å². The van der Waals surface area contributed by atoms with Gasteiger partial charge in [0.05, 0.1) is 17.5 Å². The van der Waals surface area contributed by atoms with Crippen LogP contribution in [0, 0.1) is 16.0 Å². The number of H-pyrrole nitrogens is 1. The van der Waals surface area contributed by atoms with Gasteiger partial charge in [0.2, 0.25) is 11.8 Å². The third-order valence-corrected chi connectivity index (χ3v) is 6.35. The molecule has 0 saturated carbocycles. The van der Waals surface area contributed by atoms with E-state index in [0.717, 1.165) is 27.7 Å². The van der Waals surface area contributed by atoms with Crippen LogP contribution in [-0.2, 0) is 16.0 Å². The van der Waals surface area contributed by atoms with E-state index in [1.807, 2.05) is 38.1 Å². The Morgan fingerprint density at radius 1 is 1.12 bits per heavy atom. The first kappa shape index (κ1) is 20.2. The van der Waals surface area contributed by atoms with Crippen LogP contribution in [0.15, 0.2) is 48.5 Å². The van der Waals surface area contributed by atoms with Crippen molar-refractivity contribution in [1.29, 1.82) is 0 Å². The number of carbonyl (C=O) groups excluding carboxylic acids is 2. The maximum atomic E-state index is 13.5. The molecule has 1 N–H and O–H groups in total. The minimum Gasteiger partial charge on any atom is -0.356 e. The van der Waals surface area contributed by atoms with Gasteiger partial charge >= 0.3 is 0 Å². The van der Waals surface area contributed by atoms with Crippen LogP contribution in [0.5, 0.6) is 0 Å². The third-order valence-electron chi connectivity index (χ3n) is 6.35. The molecule has 2 amide bonds.